The van der Waals surface area contributed by atoms with Crippen LogP contribution in [0, 0.1) is 0 Å². The van der Waals surface area contributed by atoms with Gasteiger partial charge in [-0.2, -0.15) is 0 Å². The van der Waals surface area contributed by atoms with E-state index >= 15 is 0 Å². The summed E-state index contributed by atoms with van der Waals surface area (Å²) in [5.74, 6) is 0.0260. The van der Waals surface area contributed by atoms with Crippen LogP contribution in [0.5, 0.6) is 5.75 Å². The lowest BCUT2D eigenvalue weighted by atomic mass is 10.1. The largest absolute Gasteiger partial charge is 0.481 e. The number of ketones is 1. The summed E-state index contributed by atoms with van der Waals surface area (Å²) in [5, 5.41) is 2.77. The first kappa shape index (κ1) is 18.4. The Labute approximate surface area is 156 Å². The molecular formula is C20H20N2O5. The van der Waals surface area contributed by atoms with E-state index in [1.807, 2.05) is 0 Å². The number of hydrogen-bond acceptors (Lipinski definition) is 5. The highest BCUT2D eigenvalue weighted by atomic mass is 16.6. The molecule has 2 aromatic carbocycles. The number of ether oxygens (including phenoxy) is 2. The van der Waals surface area contributed by atoms with Gasteiger partial charge in [-0.05, 0) is 44.2 Å². The van der Waals surface area contributed by atoms with Crippen LogP contribution in [0.3, 0.4) is 0 Å². The molecule has 0 aliphatic carbocycles. The van der Waals surface area contributed by atoms with Gasteiger partial charge < -0.3 is 14.8 Å². The number of Topliss-reactive ketones (excluding diaryl/α,β-unsaturated/α-hetero) is 1. The molecular weight excluding hydrogens is 348 g/mol. The van der Waals surface area contributed by atoms with Crippen LogP contribution in [0.2, 0.25) is 0 Å². The minimum Gasteiger partial charge on any atom is -0.481 e. The van der Waals surface area contributed by atoms with Crippen LogP contribution in [0.1, 0.15) is 24.2 Å². The Morgan fingerprint density at radius 2 is 1.96 bits per heavy atom. The number of carbonyl (C=O) groups excluding carboxylic acids is 3. The lowest BCUT2D eigenvalue weighted by Gasteiger charge is -2.17. The van der Waals surface area contributed by atoms with Crippen molar-refractivity contribution in [1.82, 2.24) is 0 Å². The number of amides is 2. The molecule has 1 aliphatic heterocycles. The molecule has 1 N–H and O–H groups in total. The molecule has 27 heavy (non-hydrogen) atoms. The van der Waals surface area contributed by atoms with E-state index in [4.69, 9.17) is 9.47 Å². The Hall–Kier alpha value is -3.35. The molecule has 7 heteroatoms. The SMILES string of the molecule is CC(=O)c1cccc(OC(C)C(=O)Nc2cccc(N3CCOC3=O)c2)c1. The Balaban J connectivity index is 1.65. The second-order valence-electron chi connectivity index (χ2n) is 6.15. The van der Waals surface area contributed by atoms with Crippen molar-refractivity contribution < 1.29 is 23.9 Å². The first-order chi connectivity index (χ1) is 12.9. The quantitative estimate of drug-likeness (QED) is 0.791. The fraction of sp³-hybridized carbons (Fsp3) is 0.250. The van der Waals surface area contributed by atoms with Crippen LogP contribution >= 0.6 is 0 Å². The topological polar surface area (TPSA) is 84.9 Å². The van der Waals surface area contributed by atoms with Crippen LogP contribution in [-0.2, 0) is 9.53 Å². The summed E-state index contributed by atoms with van der Waals surface area (Å²) in [6.45, 7) is 3.91. The Kier molecular flexibility index (Phi) is 5.40. The van der Waals surface area contributed by atoms with E-state index < -0.39 is 12.2 Å². The molecule has 7 nitrogen and oxygen atoms in total. The third kappa shape index (κ3) is 4.44. The molecule has 1 fully saturated rings. The highest BCUT2D eigenvalue weighted by molar-refractivity contribution is 5.96. The summed E-state index contributed by atoms with van der Waals surface area (Å²) >= 11 is 0. The highest BCUT2D eigenvalue weighted by Crippen LogP contribution is 2.23. The van der Waals surface area contributed by atoms with Crippen molar-refractivity contribution >= 4 is 29.2 Å². The van der Waals surface area contributed by atoms with E-state index in [0.29, 0.717) is 35.8 Å². The molecule has 1 aliphatic rings. The summed E-state index contributed by atoms with van der Waals surface area (Å²) in [6.07, 6.45) is -1.17. The lowest BCUT2D eigenvalue weighted by Crippen LogP contribution is -2.30. The maximum atomic E-state index is 12.4. The standard InChI is InChI=1S/C20H20N2O5/c1-13(23)15-5-3-8-18(11-15)27-14(2)19(24)21-16-6-4-7-17(12-16)22-9-10-26-20(22)25/h3-8,11-12,14H,9-10H2,1-2H3,(H,21,24). The minimum absolute atomic E-state index is 0.0743. The Morgan fingerprint density at radius 3 is 2.67 bits per heavy atom. The number of benzene rings is 2. The molecule has 1 unspecified atom stereocenters. The average molecular weight is 368 g/mol. The van der Waals surface area contributed by atoms with Crippen LogP contribution < -0.4 is 15.0 Å². The van der Waals surface area contributed by atoms with Gasteiger partial charge in [-0.25, -0.2) is 4.79 Å². The third-order valence-corrected chi connectivity index (χ3v) is 4.11. The smallest absolute Gasteiger partial charge is 0.414 e. The van der Waals surface area contributed by atoms with Crippen molar-refractivity contribution in [1.29, 1.82) is 0 Å². The number of anilines is 2. The van der Waals surface area contributed by atoms with Crippen molar-refractivity contribution in [3.63, 3.8) is 0 Å². The summed E-state index contributed by atoms with van der Waals surface area (Å²) in [4.78, 5) is 37.0. The Bertz CT molecular complexity index is 880. The highest BCUT2D eigenvalue weighted by Gasteiger charge is 2.24. The molecule has 1 saturated heterocycles. The van der Waals surface area contributed by atoms with Gasteiger partial charge in [-0.15, -0.1) is 0 Å². The maximum Gasteiger partial charge on any atom is 0.414 e. The van der Waals surface area contributed by atoms with Gasteiger partial charge in [0.1, 0.15) is 12.4 Å². The molecule has 0 radical (unpaired) electrons. The predicted octanol–water partition coefficient (Wildman–Crippen LogP) is 3.25. The first-order valence-corrected chi connectivity index (χ1v) is 8.57. The molecule has 1 heterocycles. The molecule has 0 bridgehead atoms. The number of rotatable bonds is 6. The first-order valence-electron chi connectivity index (χ1n) is 8.57. The number of cyclic esters (lactones) is 1. The average Bonchev–Trinajstić information content (AvgIpc) is 3.08. The molecule has 0 spiro atoms. The molecule has 140 valence electrons. The molecule has 2 amide bonds. The molecule has 0 aromatic heterocycles. The number of hydrogen-bond donors (Lipinski definition) is 1. The van der Waals surface area contributed by atoms with Gasteiger partial charge in [0.15, 0.2) is 11.9 Å². The van der Waals surface area contributed by atoms with Crippen molar-refractivity contribution in [2.75, 3.05) is 23.4 Å². The fourth-order valence-electron chi connectivity index (χ4n) is 2.67. The van der Waals surface area contributed by atoms with Gasteiger partial charge in [0.05, 0.1) is 6.54 Å². The minimum atomic E-state index is -0.771. The zero-order chi connectivity index (χ0) is 19.4. The van der Waals surface area contributed by atoms with Gasteiger partial charge in [0.25, 0.3) is 5.91 Å². The summed E-state index contributed by atoms with van der Waals surface area (Å²) in [5.41, 5.74) is 1.72. The monoisotopic (exact) mass is 368 g/mol. The fourth-order valence-corrected chi connectivity index (χ4v) is 2.67. The van der Waals surface area contributed by atoms with Gasteiger partial charge in [-0.3, -0.25) is 14.5 Å². The zero-order valence-electron chi connectivity index (χ0n) is 15.1. The van der Waals surface area contributed by atoms with E-state index in [2.05, 4.69) is 5.32 Å². The van der Waals surface area contributed by atoms with E-state index in [-0.39, 0.29) is 11.7 Å². The van der Waals surface area contributed by atoms with Crippen LogP contribution in [0.4, 0.5) is 16.2 Å². The van der Waals surface area contributed by atoms with Gasteiger partial charge in [0.2, 0.25) is 0 Å². The van der Waals surface area contributed by atoms with Crippen molar-refractivity contribution in [3.05, 3.63) is 54.1 Å². The summed E-state index contributed by atoms with van der Waals surface area (Å²) in [7, 11) is 0. The van der Waals surface area contributed by atoms with E-state index in [1.54, 1.807) is 55.5 Å². The molecule has 1 atom stereocenters. The van der Waals surface area contributed by atoms with Gasteiger partial charge in [-0.1, -0.05) is 18.2 Å². The third-order valence-electron chi connectivity index (χ3n) is 4.11. The Morgan fingerprint density at radius 1 is 1.19 bits per heavy atom. The number of nitrogens with one attached hydrogen (secondary N) is 1. The van der Waals surface area contributed by atoms with E-state index in [1.165, 1.54) is 11.8 Å². The number of carbonyl (C=O) groups is 3. The van der Waals surface area contributed by atoms with E-state index in [0.717, 1.165) is 0 Å². The van der Waals surface area contributed by atoms with Crippen LogP contribution in [0.15, 0.2) is 48.5 Å². The predicted molar refractivity (Wildman–Crippen MR) is 100 cm³/mol. The summed E-state index contributed by atoms with van der Waals surface area (Å²) in [6, 6.07) is 13.6. The zero-order valence-corrected chi connectivity index (χ0v) is 15.1. The second-order valence-corrected chi connectivity index (χ2v) is 6.15. The normalized spacial score (nSPS) is 14.4. The summed E-state index contributed by atoms with van der Waals surface area (Å²) < 4.78 is 10.6. The van der Waals surface area contributed by atoms with Crippen molar-refractivity contribution in [2.24, 2.45) is 0 Å². The molecule has 3 rings (SSSR count). The van der Waals surface area contributed by atoms with Crippen molar-refractivity contribution in [3.8, 4) is 5.75 Å². The van der Waals surface area contributed by atoms with Gasteiger partial charge in [0, 0.05) is 16.9 Å². The molecule has 2 aromatic rings. The van der Waals surface area contributed by atoms with Crippen molar-refractivity contribution in [2.45, 2.75) is 20.0 Å². The van der Waals surface area contributed by atoms with Gasteiger partial charge >= 0.3 is 6.09 Å². The number of nitrogens with zero attached hydrogens (tertiary/aromatic N) is 1. The maximum absolute atomic E-state index is 12.4. The van der Waals surface area contributed by atoms with E-state index in [9.17, 15) is 14.4 Å². The lowest BCUT2D eigenvalue weighted by molar-refractivity contribution is -0.122. The molecule has 0 saturated carbocycles. The van der Waals surface area contributed by atoms with Crippen LogP contribution in [-0.4, -0.2) is 37.0 Å². The van der Waals surface area contributed by atoms with Crippen LogP contribution in [0.25, 0.3) is 0 Å². The second kappa shape index (κ2) is 7.90.